The highest BCUT2D eigenvalue weighted by molar-refractivity contribution is 7.91. The minimum Gasteiger partial charge on any atom is -0.326 e. The second kappa shape index (κ2) is 7.19. The molecule has 1 aliphatic heterocycles. The zero-order valence-corrected chi connectivity index (χ0v) is 13.3. The summed E-state index contributed by atoms with van der Waals surface area (Å²) in [5.74, 6) is 0.00509. The quantitative estimate of drug-likeness (QED) is 0.831. The second-order valence-corrected chi connectivity index (χ2v) is 8.07. The number of anilines is 1. The van der Waals surface area contributed by atoms with Crippen LogP contribution in [0.3, 0.4) is 0 Å². The van der Waals surface area contributed by atoms with Crippen molar-refractivity contribution < 1.29 is 17.6 Å². The van der Waals surface area contributed by atoms with Gasteiger partial charge in [-0.15, -0.1) is 0 Å². The van der Waals surface area contributed by atoms with E-state index in [0.717, 1.165) is 0 Å². The van der Waals surface area contributed by atoms with Crippen LogP contribution in [-0.2, 0) is 14.6 Å². The van der Waals surface area contributed by atoms with E-state index >= 15 is 0 Å². The molecular weight excluding hydrogens is 307 g/mol. The van der Waals surface area contributed by atoms with Crippen LogP contribution in [0.5, 0.6) is 0 Å². The number of carbonyl (C=O) groups excluding carboxylic acids is 1. The van der Waals surface area contributed by atoms with Gasteiger partial charge in [0.2, 0.25) is 5.91 Å². The molecule has 0 unspecified atom stereocenters. The van der Waals surface area contributed by atoms with E-state index in [2.05, 4.69) is 10.6 Å². The lowest BCUT2D eigenvalue weighted by Gasteiger charge is -2.16. The molecule has 1 aromatic carbocycles. The van der Waals surface area contributed by atoms with E-state index in [4.69, 9.17) is 0 Å². The lowest BCUT2D eigenvalue weighted by Crippen LogP contribution is -2.34. The van der Waals surface area contributed by atoms with Gasteiger partial charge >= 0.3 is 0 Å². The van der Waals surface area contributed by atoms with Crippen molar-refractivity contribution in [2.45, 2.75) is 25.8 Å². The molecule has 2 rings (SSSR count). The summed E-state index contributed by atoms with van der Waals surface area (Å²) in [7, 11) is -2.87. The number of nitrogens with one attached hydrogen (secondary N) is 2. The second-order valence-electron chi connectivity index (χ2n) is 5.84. The standard InChI is InChI=1S/C15H21FN2O3S/c1-11(17-9-12-5-6-22(20,21)10-12)7-15(19)18-14-4-2-3-13(16)8-14/h2-4,8,11-12,17H,5-7,9-10H2,1H3,(H,18,19)/t11-,12-/m1/s1. The number of carbonyl (C=O) groups is 1. The first kappa shape index (κ1) is 16.9. The van der Waals surface area contributed by atoms with Crippen LogP contribution in [0.25, 0.3) is 0 Å². The molecule has 1 aromatic rings. The van der Waals surface area contributed by atoms with Gasteiger partial charge in [0.25, 0.3) is 0 Å². The van der Waals surface area contributed by atoms with Crippen molar-refractivity contribution in [3.63, 3.8) is 0 Å². The smallest absolute Gasteiger partial charge is 0.225 e. The van der Waals surface area contributed by atoms with Crippen molar-refractivity contribution in [1.82, 2.24) is 5.32 Å². The minimum atomic E-state index is -2.87. The normalized spacial score (nSPS) is 21.5. The van der Waals surface area contributed by atoms with Crippen LogP contribution in [0.2, 0.25) is 0 Å². The minimum absolute atomic E-state index is 0.0723. The van der Waals surface area contributed by atoms with Gasteiger partial charge in [0, 0.05) is 18.2 Å². The molecule has 0 radical (unpaired) electrons. The summed E-state index contributed by atoms with van der Waals surface area (Å²) < 4.78 is 35.8. The highest BCUT2D eigenvalue weighted by atomic mass is 32.2. The van der Waals surface area contributed by atoms with Crippen LogP contribution >= 0.6 is 0 Å². The van der Waals surface area contributed by atoms with Crippen LogP contribution in [0.4, 0.5) is 10.1 Å². The van der Waals surface area contributed by atoms with Crippen LogP contribution in [0.1, 0.15) is 19.8 Å². The number of hydrogen-bond acceptors (Lipinski definition) is 4. The molecule has 22 heavy (non-hydrogen) atoms. The van der Waals surface area contributed by atoms with Gasteiger partial charge in [0.05, 0.1) is 11.5 Å². The fourth-order valence-corrected chi connectivity index (χ4v) is 4.39. The summed E-state index contributed by atoms with van der Waals surface area (Å²) in [5, 5.41) is 5.83. The molecule has 1 heterocycles. The molecule has 2 N–H and O–H groups in total. The summed E-state index contributed by atoms with van der Waals surface area (Å²) in [6.07, 6.45) is 0.924. The Balaban J connectivity index is 1.72. The Hall–Kier alpha value is -1.47. The van der Waals surface area contributed by atoms with Crippen molar-refractivity contribution in [3.05, 3.63) is 30.1 Å². The summed E-state index contributed by atoms with van der Waals surface area (Å²) in [6, 6.07) is 5.67. The van der Waals surface area contributed by atoms with E-state index in [-0.39, 0.29) is 35.8 Å². The Bertz CT molecular complexity index is 633. The first-order valence-electron chi connectivity index (χ1n) is 7.33. The van der Waals surface area contributed by atoms with Crippen molar-refractivity contribution >= 4 is 21.4 Å². The number of hydrogen-bond donors (Lipinski definition) is 2. The molecular formula is C15H21FN2O3S. The third kappa shape index (κ3) is 5.38. The monoisotopic (exact) mass is 328 g/mol. The van der Waals surface area contributed by atoms with E-state index in [9.17, 15) is 17.6 Å². The Morgan fingerprint density at radius 1 is 1.45 bits per heavy atom. The van der Waals surface area contributed by atoms with Gasteiger partial charge in [0.1, 0.15) is 5.82 Å². The van der Waals surface area contributed by atoms with E-state index in [0.29, 0.717) is 18.7 Å². The summed E-state index contributed by atoms with van der Waals surface area (Å²) >= 11 is 0. The highest BCUT2D eigenvalue weighted by Gasteiger charge is 2.27. The Morgan fingerprint density at radius 2 is 2.23 bits per heavy atom. The van der Waals surface area contributed by atoms with Crippen molar-refractivity contribution in [2.75, 3.05) is 23.4 Å². The largest absolute Gasteiger partial charge is 0.326 e. The fraction of sp³-hybridized carbons (Fsp3) is 0.533. The Morgan fingerprint density at radius 3 is 2.86 bits per heavy atom. The van der Waals surface area contributed by atoms with Gasteiger partial charge in [-0.2, -0.15) is 0 Å². The Labute approximate surface area is 130 Å². The van der Waals surface area contributed by atoms with E-state index < -0.39 is 15.7 Å². The first-order valence-corrected chi connectivity index (χ1v) is 9.15. The van der Waals surface area contributed by atoms with Gasteiger partial charge < -0.3 is 10.6 Å². The zero-order valence-electron chi connectivity index (χ0n) is 12.5. The molecule has 0 aromatic heterocycles. The summed E-state index contributed by atoms with van der Waals surface area (Å²) in [4.78, 5) is 11.9. The number of amides is 1. The van der Waals surface area contributed by atoms with Crippen molar-refractivity contribution in [1.29, 1.82) is 0 Å². The third-order valence-electron chi connectivity index (χ3n) is 3.68. The lowest BCUT2D eigenvalue weighted by molar-refractivity contribution is -0.116. The van der Waals surface area contributed by atoms with Crippen LogP contribution in [0, 0.1) is 11.7 Å². The van der Waals surface area contributed by atoms with E-state index in [1.165, 1.54) is 18.2 Å². The van der Waals surface area contributed by atoms with Gasteiger partial charge in [-0.3, -0.25) is 4.79 Å². The van der Waals surface area contributed by atoms with Gasteiger partial charge in [0.15, 0.2) is 9.84 Å². The maximum Gasteiger partial charge on any atom is 0.225 e. The molecule has 1 saturated heterocycles. The summed E-state index contributed by atoms with van der Waals surface area (Å²) in [6.45, 7) is 2.46. The number of halogens is 1. The van der Waals surface area contributed by atoms with E-state index in [1.807, 2.05) is 6.92 Å². The van der Waals surface area contributed by atoms with Crippen LogP contribution < -0.4 is 10.6 Å². The molecule has 5 nitrogen and oxygen atoms in total. The van der Waals surface area contributed by atoms with Crippen molar-refractivity contribution in [2.24, 2.45) is 5.92 Å². The molecule has 1 amide bonds. The highest BCUT2D eigenvalue weighted by Crippen LogP contribution is 2.17. The van der Waals surface area contributed by atoms with Gasteiger partial charge in [-0.25, -0.2) is 12.8 Å². The molecule has 0 saturated carbocycles. The Kier molecular flexibility index (Phi) is 5.52. The van der Waals surface area contributed by atoms with E-state index in [1.54, 1.807) is 6.07 Å². The average molecular weight is 328 g/mol. The zero-order chi connectivity index (χ0) is 16.2. The van der Waals surface area contributed by atoms with Crippen LogP contribution in [-0.4, -0.2) is 38.4 Å². The maximum atomic E-state index is 13.0. The third-order valence-corrected chi connectivity index (χ3v) is 5.52. The van der Waals surface area contributed by atoms with Gasteiger partial charge in [-0.05, 0) is 44.0 Å². The first-order chi connectivity index (χ1) is 10.3. The summed E-state index contributed by atoms with van der Waals surface area (Å²) in [5.41, 5.74) is 0.430. The molecule has 1 aliphatic rings. The molecule has 1 fully saturated rings. The predicted octanol–water partition coefficient (Wildman–Crippen LogP) is 1.57. The predicted molar refractivity (Wildman–Crippen MR) is 83.9 cm³/mol. The molecule has 0 spiro atoms. The number of sulfone groups is 1. The van der Waals surface area contributed by atoms with Crippen molar-refractivity contribution in [3.8, 4) is 0 Å². The number of rotatable bonds is 6. The molecule has 2 atom stereocenters. The average Bonchev–Trinajstić information content (AvgIpc) is 2.76. The van der Waals surface area contributed by atoms with Gasteiger partial charge in [-0.1, -0.05) is 6.07 Å². The fourth-order valence-electron chi connectivity index (χ4n) is 2.53. The maximum absolute atomic E-state index is 13.0. The molecule has 0 bridgehead atoms. The molecule has 122 valence electrons. The number of benzene rings is 1. The molecule has 7 heteroatoms. The topological polar surface area (TPSA) is 75.3 Å². The molecule has 0 aliphatic carbocycles. The lowest BCUT2D eigenvalue weighted by atomic mass is 10.1. The van der Waals surface area contributed by atoms with Crippen LogP contribution in [0.15, 0.2) is 24.3 Å². The SMILES string of the molecule is C[C@H](CC(=O)Nc1cccc(F)c1)NC[C@H]1CCS(=O)(=O)C1.